The van der Waals surface area contributed by atoms with E-state index in [2.05, 4.69) is 39.0 Å². The monoisotopic (exact) mass is 332 g/mol. The number of urea groups is 1. The summed E-state index contributed by atoms with van der Waals surface area (Å²) in [6.07, 6.45) is 6.78. The molecule has 25 heavy (non-hydrogen) atoms. The highest BCUT2D eigenvalue weighted by Crippen LogP contribution is 2.29. The van der Waals surface area contributed by atoms with Crippen molar-refractivity contribution in [2.75, 3.05) is 5.32 Å². The van der Waals surface area contributed by atoms with E-state index in [1.165, 1.54) is 11.1 Å². The molecular weight excluding hydrogens is 312 g/mol. The van der Waals surface area contributed by atoms with Crippen molar-refractivity contribution in [3.8, 4) is 11.1 Å². The third-order valence-corrected chi connectivity index (χ3v) is 4.65. The van der Waals surface area contributed by atoms with Crippen molar-refractivity contribution in [1.82, 2.24) is 15.5 Å². The fourth-order valence-corrected chi connectivity index (χ4v) is 3.38. The van der Waals surface area contributed by atoms with Crippen LogP contribution >= 0.6 is 0 Å². The topological polar surface area (TPSA) is 69.8 Å². The number of hydrogen-bond acceptors (Lipinski definition) is 2. The first-order valence-electron chi connectivity index (χ1n) is 8.54. The summed E-state index contributed by atoms with van der Waals surface area (Å²) >= 11 is 0. The largest absolute Gasteiger partial charge is 0.331 e. The zero-order valence-corrected chi connectivity index (χ0v) is 13.8. The van der Waals surface area contributed by atoms with Gasteiger partial charge in [-0.1, -0.05) is 36.4 Å². The minimum atomic E-state index is -0.169. The van der Waals surface area contributed by atoms with Gasteiger partial charge in [0.2, 0.25) is 0 Å². The summed E-state index contributed by atoms with van der Waals surface area (Å²) in [5.41, 5.74) is 5.42. The van der Waals surface area contributed by atoms with Crippen LogP contribution in [0.25, 0.3) is 11.1 Å². The smallest absolute Gasteiger partial charge is 0.319 e. The summed E-state index contributed by atoms with van der Waals surface area (Å²) < 4.78 is 0. The van der Waals surface area contributed by atoms with E-state index in [9.17, 15) is 4.79 Å². The second-order valence-electron chi connectivity index (χ2n) is 6.31. The third kappa shape index (κ3) is 3.40. The molecule has 0 spiro atoms. The number of benzene rings is 2. The van der Waals surface area contributed by atoms with Crippen LogP contribution < -0.4 is 10.6 Å². The van der Waals surface area contributed by atoms with E-state index in [0.29, 0.717) is 0 Å². The van der Waals surface area contributed by atoms with Gasteiger partial charge in [-0.2, -0.15) is 5.10 Å². The molecule has 0 saturated carbocycles. The first kappa shape index (κ1) is 15.4. The van der Waals surface area contributed by atoms with Gasteiger partial charge in [0.05, 0.1) is 12.2 Å². The van der Waals surface area contributed by atoms with Crippen LogP contribution in [0.5, 0.6) is 0 Å². The normalized spacial score (nSPS) is 16.1. The second kappa shape index (κ2) is 6.81. The zero-order valence-electron chi connectivity index (χ0n) is 13.8. The minimum absolute atomic E-state index is 0.0788. The standard InChI is InChI=1S/C20H20N4O/c25-20(24-19-7-3-5-15-4-1-2-6-18(15)19)23-17-10-8-14(9-11-17)16-12-21-22-13-16/h1-2,4,6,8-13,19H,3,5,7H2,(H,21,22)(H2,23,24,25)/t19-/m0/s1. The lowest BCUT2D eigenvalue weighted by Crippen LogP contribution is -2.34. The highest BCUT2D eigenvalue weighted by atomic mass is 16.2. The van der Waals surface area contributed by atoms with Gasteiger partial charge in [-0.15, -0.1) is 0 Å². The van der Waals surface area contributed by atoms with Gasteiger partial charge in [0, 0.05) is 17.4 Å². The summed E-state index contributed by atoms with van der Waals surface area (Å²) in [6.45, 7) is 0. The van der Waals surface area contributed by atoms with Gasteiger partial charge in [-0.3, -0.25) is 5.10 Å². The van der Waals surface area contributed by atoms with E-state index in [0.717, 1.165) is 36.1 Å². The highest BCUT2D eigenvalue weighted by molar-refractivity contribution is 5.89. The SMILES string of the molecule is O=C(Nc1ccc(-c2cn[nH]c2)cc1)N[C@H]1CCCc2ccccc21. The molecule has 0 aliphatic heterocycles. The summed E-state index contributed by atoms with van der Waals surface area (Å²) in [7, 11) is 0. The third-order valence-electron chi connectivity index (χ3n) is 4.65. The maximum atomic E-state index is 12.4. The first-order valence-corrected chi connectivity index (χ1v) is 8.54. The first-order chi connectivity index (χ1) is 12.3. The molecule has 3 N–H and O–H groups in total. The molecule has 0 bridgehead atoms. The quantitative estimate of drug-likeness (QED) is 0.670. The van der Waals surface area contributed by atoms with Gasteiger partial charge in [0.1, 0.15) is 0 Å². The number of H-pyrrole nitrogens is 1. The predicted octanol–water partition coefficient (Wildman–Crippen LogP) is 4.28. The molecule has 0 fully saturated rings. The number of aryl methyl sites for hydroxylation is 1. The fourth-order valence-electron chi connectivity index (χ4n) is 3.38. The van der Waals surface area contributed by atoms with Gasteiger partial charge in [0.25, 0.3) is 0 Å². The van der Waals surface area contributed by atoms with E-state index >= 15 is 0 Å². The molecule has 1 atom stereocenters. The molecule has 1 aliphatic rings. The van der Waals surface area contributed by atoms with Gasteiger partial charge < -0.3 is 10.6 Å². The van der Waals surface area contributed by atoms with Crippen LogP contribution in [0.1, 0.15) is 30.0 Å². The summed E-state index contributed by atoms with van der Waals surface area (Å²) in [6, 6.07) is 16.0. The maximum Gasteiger partial charge on any atom is 0.319 e. The van der Waals surface area contributed by atoms with Crippen molar-refractivity contribution >= 4 is 11.7 Å². The lowest BCUT2D eigenvalue weighted by molar-refractivity contribution is 0.247. The van der Waals surface area contributed by atoms with Crippen LogP contribution in [0.15, 0.2) is 60.9 Å². The van der Waals surface area contributed by atoms with Gasteiger partial charge in [-0.05, 0) is 48.1 Å². The molecule has 0 radical (unpaired) electrons. The van der Waals surface area contributed by atoms with Crippen molar-refractivity contribution in [2.45, 2.75) is 25.3 Å². The lowest BCUT2D eigenvalue weighted by Gasteiger charge is -2.26. The zero-order chi connectivity index (χ0) is 17.1. The number of nitrogens with one attached hydrogen (secondary N) is 3. The number of aromatic amines is 1. The molecule has 4 rings (SSSR count). The molecule has 5 heteroatoms. The number of carbonyl (C=O) groups is 1. The van der Waals surface area contributed by atoms with E-state index < -0.39 is 0 Å². The molecule has 1 aliphatic carbocycles. The van der Waals surface area contributed by atoms with E-state index in [4.69, 9.17) is 0 Å². The number of carbonyl (C=O) groups excluding carboxylic acids is 1. The van der Waals surface area contributed by atoms with E-state index in [-0.39, 0.29) is 12.1 Å². The summed E-state index contributed by atoms with van der Waals surface area (Å²) in [4.78, 5) is 12.4. The molecule has 3 aromatic rings. The van der Waals surface area contributed by atoms with Crippen molar-refractivity contribution in [3.63, 3.8) is 0 Å². The van der Waals surface area contributed by atoms with Crippen LogP contribution in [-0.4, -0.2) is 16.2 Å². The molecular formula is C20H20N4O. The Morgan fingerprint density at radius 3 is 2.72 bits per heavy atom. The average molecular weight is 332 g/mol. The maximum absolute atomic E-state index is 12.4. The Morgan fingerprint density at radius 1 is 1.08 bits per heavy atom. The number of nitrogens with zero attached hydrogens (tertiary/aromatic N) is 1. The van der Waals surface area contributed by atoms with Gasteiger partial charge in [-0.25, -0.2) is 4.79 Å². The Hall–Kier alpha value is -3.08. The van der Waals surface area contributed by atoms with Crippen molar-refractivity contribution in [2.24, 2.45) is 0 Å². The molecule has 2 aromatic carbocycles. The predicted molar refractivity (Wildman–Crippen MR) is 98.3 cm³/mol. The van der Waals surface area contributed by atoms with Gasteiger partial charge in [0.15, 0.2) is 0 Å². The molecule has 0 saturated heterocycles. The Kier molecular flexibility index (Phi) is 4.21. The Morgan fingerprint density at radius 2 is 1.92 bits per heavy atom. The average Bonchev–Trinajstić information content (AvgIpc) is 3.17. The number of hydrogen-bond donors (Lipinski definition) is 3. The highest BCUT2D eigenvalue weighted by Gasteiger charge is 2.21. The van der Waals surface area contributed by atoms with Crippen molar-refractivity contribution < 1.29 is 4.79 Å². The second-order valence-corrected chi connectivity index (χ2v) is 6.31. The van der Waals surface area contributed by atoms with Crippen molar-refractivity contribution in [3.05, 3.63) is 72.1 Å². The van der Waals surface area contributed by atoms with Gasteiger partial charge >= 0.3 is 6.03 Å². The molecule has 1 heterocycles. The van der Waals surface area contributed by atoms with Crippen LogP contribution in [0.2, 0.25) is 0 Å². The van der Waals surface area contributed by atoms with Crippen LogP contribution in [0.3, 0.4) is 0 Å². The number of rotatable bonds is 3. The summed E-state index contributed by atoms with van der Waals surface area (Å²) in [5.74, 6) is 0. The molecule has 0 unspecified atom stereocenters. The lowest BCUT2D eigenvalue weighted by atomic mass is 9.88. The minimum Gasteiger partial charge on any atom is -0.331 e. The Bertz CT molecular complexity index is 856. The number of amides is 2. The fraction of sp³-hybridized carbons (Fsp3) is 0.200. The van der Waals surface area contributed by atoms with Crippen LogP contribution in [0, 0.1) is 0 Å². The number of fused-ring (bicyclic) bond motifs is 1. The van der Waals surface area contributed by atoms with E-state index in [1.54, 1.807) is 6.20 Å². The molecule has 2 amide bonds. The van der Waals surface area contributed by atoms with Crippen molar-refractivity contribution in [1.29, 1.82) is 0 Å². The van der Waals surface area contributed by atoms with E-state index in [1.807, 2.05) is 36.5 Å². The molecule has 1 aromatic heterocycles. The summed E-state index contributed by atoms with van der Waals surface area (Å²) in [5, 5.41) is 12.8. The number of anilines is 1. The molecule has 126 valence electrons. The molecule has 5 nitrogen and oxygen atoms in total. The Labute approximate surface area is 146 Å². The van der Waals surface area contributed by atoms with Crippen LogP contribution in [0.4, 0.5) is 10.5 Å². The van der Waals surface area contributed by atoms with Crippen LogP contribution in [-0.2, 0) is 6.42 Å². The Balaban J connectivity index is 1.41. The number of aromatic nitrogens is 2.